The number of rotatable bonds is 4. The largest absolute Gasteiger partial charge is 0.326 e. The Bertz CT molecular complexity index is 1210. The van der Waals surface area contributed by atoms with Crippen molar-refractivity contribution in [2.75, 3.05) is 5.32 Å². The first-order chi connectivity index (χ1) is 13.9. The molecule has 0 radical (unpaired) electrons. The lowest BCUT2D eigenvalue weighted by Gasteiger charge is -2.12. The lowest BCUT2D eigenvalue weighted by Crippen LogP contribution is -2.17. The van der Waals surface area contributed by atoms with Crippen LogP contribution in [0.2, 0.25) is 0 Å². The van der Waals surface area contributed by atoms with Gasteiger partial charge >= 0.3 is 0 Å². The van der Waals surface area contributed by atoms with Gasteiger partial charge in [0.25, 0.3) is 0 Å². The Balaban J connectivity index is 1.70. The summed E-state index contributed by atoms with van der Waals surface area (Å²) < 4.78 is 15.2. The summed E-state index contributed by atoms with van der Waals surface area (Å²) in [5.41, 5.74) is 6.60. The van der Waals surface area contributed by atoms with Crippen LogP contribution in [0, 0.1) is 26.6 Å². The average Bonchev–Trinajstić information content (AvgIpc) is 3.02. The fourth-order valence-corrected chi connectivity index (χ4v) is 3.60. The van der Waals surface area contributed by atoms with E-state index in [4.69, 9.17) is 4.98 Å². The smallest absolute Gasteiger partial charge is 0.228 e. The molecule has 1 N–H and O–H groups in total. The van der Waals surface area contributed by atoms with Gasteiger partial charge in [-0.3, -0.25) is 4.79 Å². The van der Waals surface area contributed by atoms with E-state index >= 15 is 0 Å². The number of carbonyl (C=O) groups excluding carboxylic acids is 1. The summed E-state index contributed by atoms with van der Waals surface area (Å²) in [6.45, 7) is 5.80. The standard InChI is InChI=1S/C23H21FN4O/c1-14-20(13-21(29)26-19-11-7-10-18(24)12-19)16(3)28-23(25-14)22(15(2)27-28)17-8-5-4-6-9-17/h4-12H,13H2,1-3H3,(H,26,29). The normalized spacial score (nSPS) is 11.0. The van der Waals surface area contributed by atoms with Crippen molar-refractivity contribution in [2.24, 2.45) is 0 Å². The zero-order valence-corrected chi connectivity index (χ0v) is 16.5. The molecular weight excluding hydrogens is 367 g/mol. The van der Waals surface area contributed by atoms with Crippen LogP contribution in [0.5, 0.6) is 0 Å². The minimum Gasteiger partial charge on any atom is -0.326 e. The van der Waals surface area contributed by atoms with E-state index in [1.807, 2.05) is 51.1 Å². The van der Waals surface area contributed by atoms with Crippen molar-refractivity contribution in [3.8, 4) is 11.1 Å². The Labute approximate surface area is 168 Å². The van der Waals surface area contributed by atoms with Gasteiger partial charge in [-0.1, -0.05) is 36.4 Å². The molecule has 2 heterocycles. The number of carbonyl (C=O) groups is 1. The van der Waals surface area contributed by atoms with E-state index in [0.717, 1.165) is 39.4 Å². The van der Waals surface area contributed by atoms with Crippen LogP contribution < -0.4 is 5.32 Å². The minimum atomic E-state index is -0.390. The number of fused-ring (bicyclic) bond motifs is 1. The molecule has 0 bridgehead atoms. The molecular formula is C23H21FN4O. The van der Waals surface area contributed by atoms with Gasteiger partial charge in [-0.15, -0.1) is 0 Å². The van der Waals surface area contributed by atoms with Crippen LogP contribution in [-0.2, 0) is 11.2 Å². The summed E-state index contributed by atoms with van der Waals surface area (Å²) in [6, 6.07) is 15.9. The maximum Gasteiger partial charge on any atom is 0.228 e. The van der Waals surface area contributed by atoms with E-state index in [-0.39, 0.29) is 12.3 Å². The zero-order valence-electron chi connectivity index (χ0n) is 16.5. The van der Waals surface area contributed by atoms with Crippen LogP contribution >= 0.6 is 0 Å². The molecule has 0 saturated carbocycles. The Hall–Kier alpha value is -3.54. The van der Waals surface area contributed by atoms with Crippen LogP contribution in [0.1, 0.15) is 22.6 Å². The molecule has 5 nitrogen and oxygen atoms in total. The van der Waals surface area contributed by atoms with Gasteiger partial charge in [0.2, 0.25) is 5.91 Å². The van der Waals surface area contributed by atoms with E-state index in [1.54, 1.807) is 16.6 Å². The van der Waals surface area contributed by atoms with E-state index in [1.165, 1.54) is 12.1 Å². The molecule has 0 aliphatic carbocycles. The molecule has 2 aromatic carbocycles. The van der Waals surface area contributed by atoms with Gasteiger partial charge in [-0.05, 0) is 44.5 Å². The molecule has 0 aliphatic rings. The highest BCUT2D eigenvalue weighted by atomic mass is 19.1. The van der Waals surface area contributed by atoms with E-state index in [0.29, 0.717) is 5.69 Å². The molecule has 0 spiro atoms. The number of halogens is 1. The number of benzene rings is 2. The number of aromatic nitrogens is 3. The second-order valence-corrected chi connectivity index (χ2v) is 7.06. The first-order valence-corrected chi connectivity index (χ1v) is 9.40. The first kappa shape index (κ1) is 18.8. The molecule has 4 rings (SSSR count). The molecule has 0 atom stereocenters. The predicted octanol–water partition coefficient (Wildman–Crippen LogP) is 4.64. The summed E-state index contributed by atoms with van der Waals surface area (Å²) in [7, 11) is 0. The van der Waals surface area contributed by atoms with Gasteiger partial charge in [0, 0.05) is 28.2 Å². The van der Waals surface area contributed by atoms with Crippen molar-refractivity contribution in [2.45, 2.75) is 27.2 Å². The Morgan fingerprint density at radius 2 is 1.79 bits per heavy atom. The van der Waals surface area contributed by atoms with Crippen LogP contribution in [0.15, 0.2) is 54.6 Å². The van der Waals surface area contributed by atoms with Gasteiger partial charge in [0.15, 0.2) is 5.65 Å². The average molecular weight is 388 g/mol. The lowest BCUT2D eigenvalue weighted by molar-refractivity contribution is -0.115. The monoisotopic (exact) mass is 388 g/mol. The molecule has 0 fully saturated rings. The highest BCUT2D eigenvalue weighted by molar-refractivity contribution is 5.92. The second kappa shape index (κ2) is 7.47. The lowest BCUT2D eigenvalue weighted by atomic mass is 10.1. The van der Waals surface area contributed by atoms with Crippen LogP contribution in [0.3, 0.4) is 0 Å². The molecule has 0 saturated heterocycles. The molecule has 4 aromatic rings. The van der Waals surface area contributed by atoms with E-state index in [9.17, 15) is 9.18 Å². The molecule has 0 aliphatic heterocycles. The van der Waals surface area contributed by atoms with Gasteiger partial charge in [0.05, 0.1) is 12.1 Å². The SMILES string of the molecule is Cc1nc2c(-c3ccccc3)c(C)nn2c(C)c1CC(=O)Nc1cccc(F)c1. The summed E-state index contributed by atoms with van der Waals surface area (Å²) >= 11 is 0. The molecule has 1 amide bonds. The van der Waals surface area contributed by atoms with Crippen molar-refractivity contribution in [1.29, 1.82) is 0 Å². The maximum absolute atomic E-state index is 13.4. The van der Waals surface area contributed by atoms with Gasteiger partial charge < -0.3 is 5.32 Å². The van der Waals surface area contributed by atoms with Crippen LogP contribution in [0.25, 0.3) is 16.8 Å². The third-order valence-corrected chi connectivity index (χ3v) is 5.01. The van der Waals surface area contributed by atoms with E-state index in [2.05, 4.69) is 10.4 Å². The molecule has 29 heavy (non-hydrogen) atoms. The van der Waals surface area contributed by atoms with Gasteiger partial charge in [-0.25, -0.2) is 13.9 Å². The predicted molar refractivity (Wildman–Crippen MR) is 111 cm³/mol. The number of nitrogens with zero attached hydrogens (tertiary/aromatic N) is 3. The number of aryl methyl sites for hydroxylation is 3. The zero-order chi connectivity index (χ0) is 20.5. The van der Waals surface area contributed by atoms with Crippen molar-refractivity contribution in [1.82, 2.24) is 14.6 Å². The molecule has 2 aromatic heterocycles. The minimum absolute atomic E-state index is 0.136. The fraction of sp³-hybridized carbons (Fsp3) is 0.174. The summed E-state index contributed by atoms with van der Waals surface area (Å²) in [6.07, 6.45) is 0.136. The van der Waals surface area contributed by atoms with Gasteiger partial charge in [-0.2, -0.15) is 5.10 Å². The number of amides is 1. The summed E-state index contributed by atoms with van der Waals surface area (Å²) in [5, 5.41) is 7.41. The second-order valence-electron chi connectivity index (χ2n) is 7.06. The quantitative estimate of drug-likeness (QED) is 0.554. The van der Waals surface area contributed by atoms with Crippen LogP contribution in [-0.4, -0.2) is 20.5 Å². The van der Waals surface area contributed by atoms with E-state index < -0.39 is 5.82 Å². The highest BCUT2D eigenvalue weighted by Crippen LogP contribution is 2.29. The third kappa shape index (κ3) is 3.61. The Morgan fingerprint density at radius 1 is 1.03 bits per heavy atom. The third-order valence-electron chi connectivity index (χ3n) is 5.01. The fourth-order valence-electron chi connectivity index (χ4n) is 3.60. The first-order valence-electron chi connectivity index (χ1n) is 9.40. The van der Waals surface area contributed by atoms with Crippen molar-refractivity contribution < 1.29 is 9.18 Å². The molecule has 0 unspecified atom stereocenters. The summed E-state index contributed by atoms with van der Waals surface area (Å²) in [4.78, 5) is 17.3. The topological polar surface area (TPSA) is 59.3 Å². The number of anilines is 1. The highest BCUT2D eigenvalue weighted by Gasteiger charge is 2.19. The molecule has 6 heteroatoms. The van der Waals surface area contributed by atoms with Crippen molar-refractivity contribution >= 4 is 17.2 Å². The number of nitrogens with one attached hydrogen (secondary N) is 1. The summed E-state index contributed by atoms with van der Waals surface area (Å²) in [5.74, 6) is -0.617. The van der Waals surface area contributed by atoms with Crippen LogP contribution in [0.4, 0.5) is 10.1 Å². The number of hydrogen-bond donors (Lipinski definition) is 1. The number of hydrogen-bond acceptors (Lipinski definition) is 3. The Kier molecular flexibility index (Phi) is 4.84. The van der Waals surface area contributed by atoms with Crippen molar-refractivity contribution in [3.05, 3.63) is 83.1 Å². The van der Waals surface area contributed by atoms with Crippen molar-refractivity contribution in [3.63, 3.8) is 0 Å². The Morgan fingerprint density at radius 3 is 2.52 bits per heavy atom. The maximum atomic E-state index is 13.4. The van der Waals surface area contributed by atoms with Gasteiger partial charge in [0.1, 0.15) is 5.82 Å². The molecule has 146 valence electrons.